The van der Waals surface area contributed by atoms with Crippen molar-refractivity contribution in [2.75, 3.05) is 18.5 Å². The highest BCUT2D eigenvalue weighted by atomic mass is 16.6. The highest BCUT2D eigenvalue weighted by Gasteiger charge is 2.05. The molecule has 0 unspecified atom stereocenters. The van der Waals surface area contributed by atoms with Gasteiger partial charge in [0.05, 0.1) is 0 Å². The van der Waals surface area contributed by atoms with Crippen LogP contribution < -0.4 is 20.5 Å². The average Bonchev–Trinajstić information content (AvgIpc) is 2.46. The molecule has 0 bridgehead atoms. The Labute approximate surface area is 117 Å². The van der Waals surface area contributed by atoms with Gasteiger partial charge in [0.2, 0.25) is 0 Å². The van der Waals surface area contributed by atoms with E-state index in [9.17, 15) is 4.79 Å². The first kappa shape index (κ1) is 13.9. The van der Waals surface area contributed by atoms with E-state index >= 15 is 0 Å². The number of hydrogen-bond acceptors (Lipinski definition) is 4. The molecular formula is C15H16N2O3. The lowest BCUT2D eigenvalue weighted by Crippen LogP contribution is -2.16. The second-order valence-electron chi connectivity index (χ2n) is 3.99. The Morgan fingerprint density at radius 2 is 1.80 bits per heavy atom. The summed E-state index contributed by atoms with van der Waals surface area (Å²) >= 11 is 0. The maximum absolute atomic E-state index is 11.7. The molecule has 0 aliphatic rings. The number of nitrogens with one attached hydrogen (secondary N) is 1. The standard InChI is InChI=1S/C15H16N2O3/c16-9-10-19-14-8-4-5-12(11-14)17-15(18)20-13-6-2-1-3-7-13/h1-8,11H,9-10,16H2,(H,17,18). The zero-order chi connectivity index (χ0) is 14.2. The van der Waals surface area contributed by atoms with Crippen molar-refractivity contribution in [1.29, 1.82) is 0 Å². The number of benzene rings is 2. The molecule has 20 heavy (non-hydrogen) atoms. The first-order chi connectivity index (χ1) is 9.78. The minimum atomic E-state index is -0.549. The van der Waals surface area contributed by atoms with Gasteiger partial charge in [-0.05, 0) is 24.3 Å². The van der Waals surface area contributed by atoms with Crippen LogP contribution in [0.2, 0.25) is 0 Å². The van der Waals surface area contributed by atoms with Crippen LogP contribution in [0.15, 0.2) is 54.6 Å². The monoisotopic (exact) mass is 272 g/mol. The van der Waals surface area contributed by atoms with Gasteiger partial charge in [0, 0.05) is 18.3 Å². The summed E-state index contributed by atoms with van der Waals surface area (Å²) in [4.78, 5) is 11.7. The topological polar surface area (TPSA) is 73.6 Å². The van der Waals surface area contributed by atoms with Gasteiger partial charge < -0.3 is 15.2 Å². The number of hydrogen-bond donors (Lipinski definition) is 2. The largest absolute Gasteiger partial charge is 0.492 e. The summed E-state index contributed by atoms with van der Waals surface area (Å²) in [7, 11) is 0. The van der Waals surface area contributed by atoms with Crippen LogP contribution in [-0.2, 0) is 0 Å². The van der Waals surface area contributed by atoms with Crippen molar-refractivity contribution in [3.05, 3.63) is 54.6 Å². The third kappa shape index (κ3) is 4.29. The Kier molecular flexibility index (Phi) is 4.97. The van der Waals surface area contributed by atoms with Crippen LogP contribution in [-0.4, -0.2) is 19.2 Å². The summed E-state index contributed by atoms with van der Waals surface area (Å²) in [6.07, 6.45) is -0.549. The molecule has 0 fully saturated rings. The molecular weight excluding hydrogens is 256 g/mol. The van der Waals surface area contributed by atoms with Gasteiger partial charge in [0.15, 0.2) is 0 Å². The zero-order valence-corrected chi connectivity index (χ0v) is 10.9. The van der Waals surface area contributed by atoms with Crippen molar-refractivity contribution in [3.63, 3.8) is 0 Å². The van der Waals surface area contributed by atoms with Crippen molar-refractivity contribution < 1.29 is 14.3 Å². The molecule has 0 spiro atoms. The van der Waals surface area contributed by atoms with Crippen LogP contribution in [0.3, 0.4) is 0 Å². The second kappa shape index (κ2) is 7.16. The number of anilines is 1. The minimum Gasteiger partial charge on any atom is -0.492 e. The van der Waals surface area contributed by atoms with Crippen LogP contribution in [0, 0.1) is 0 Å². The number of carbonyl (C=O) groups is 1. The fourth-order valence-electron chi connectivity index (χ4n) is 1.58. The number of amides is 1. The molecule has 2 aromatic rings. The molecule has 0 aliphatic carbocycles. The van der Waals surface area contributed by atoms with E-state index in [1.54, 1.807) is 48.5 Å². The van der Waals surface area contributed by atoms with Crippen LogP contribution >= 0.6 is 0 Å². The number of para-hydroxylation sites is 1. The van der Waals surface area contributed by atoms with Crippen LogP contribution in [0.4, 0.5) is 10.5 Å². The van der Waals surface area contributed by atoms with E-state index in [4.69, 9.17) is 15.2 Å². The summed E-state index contributed by atoms with van der Waals surface area (Å²) < 4.78 is 10.5. The molecule has 2 aromatic carbocycles. The summed E-state index contributed by atoms with van der Waals surface area (Å²) in [6.45, 7) is 0.867. The highest BCUT2D eigenvalue weighted by Crippen LogP contribution is 2.18. The minimum absolute atomic E-state index is 0.428. The molecule has 0 atom stereocenters. The van der Waals surface area contributed by atoms with Gasteiger partial charge in [-0.15, -0.1) is 0 Å². The van der Waals surface area contributed by atoms with Crippen LogP contribution in [0.1, 0.15) is 0 Å². The van der Waals surface area contributed by atoms with Gasteiger partial charge in [0.25, 0.3) is 0 Å². The third-order valence-electron chi connectivity index (χ3n) is 2.42. The van der Waals surface area contributed by atoms with E-state index in [-0.39, 0.29) is 0 Å². The number of carbonyl (C=O) groups excluding carboxylic acids is 1. The van der Waals surface area contributed by atoms with E-state index in [0.717, 1.165) is 0 Å². The second-order valence-corrected chi connectivity index (χ2v) is 3.99. The van der Waals surface area contributed by atoms with Crippen molar-refractivity contribution in [3.8, 4) is 11.5 Å². The van der Waals surface area contributed by atoms with Crippen LogP contribution in [0.5, 0.6) is 11.5 Å². The first-order valence-corrected chi connectivity index (χ1v) is 6.25. The maximum atomic E-state index is 11.7. The van der Waals surface area contributed by atoms with Gasteiger partial charge in [0.1, 0.15) is 18.1 Å². The van der Waals surface area contributed by atoms with E-state index < -0.39 is 6.09 Å². The first-order valence-electron chi connectivity index (χ1n) is 6.25. The smallest absolute Gasteiger partial charge is 0.417 e. The quantitative estimate of drug-likeness (QED) is 0.877. The highest BCUT2D eigenvalue weighted by molar-refractivity contribution is 5.86. The summed E-state index contributed by atoms with van der Waals surface area (Å²) in [6, 6.07) is 15.9. The summed E-state index contributed by atoms with van der Waals surface area (Å²) in [5.41, 5.74) is 5.96. The normalized spacial score (nSPS) is 9.85. The van der Waals surface area contributed by atoms with Gasteiger partial charge in [-0.2, -0.15) is 0 Å². The fraction of sp³-hybridized carbons (Fsp3) is 0.133. The summed E-state index contributed by atoms with van der Waals surface area (Å²) in [5, 5.41) is 2.63. The lowest BCUT2D eigenvalue weighted by atomic mass is 10.3. The predicted molar refractivity (Wildman–Crippen MR) is 77.1 cm³/mol. The molecule has 0 saturated carbocycles. The molecule has 2 rings (SSSR count). The van der Waals surface area contributed by atoms with Gasteiger partial charge in [-0.25, -0.2) is 4.79 Å². The molecule has 104 valence electrons. The summed E-state index contributed by atoms with van der Waals surface area (Å²) in [5.74, 6) is 1.13. The number of nitrogens with two attached hydrogens (primary N) is 1. The molecule has 0 radical (unpaired) electrons. The van der Waals surface area contributed by atoms with E-state index in [1.807, 2.05) is 6.07 Å². The third-order valence-corrected chi connectivity index (χ3v) is 2.42. The van der Waals surface area contributed by atoms with E-state index in [2.05, 4.69) is 5.32 Å². The predicted octanol–water partition coefficient (Wildman–Crippen LogP) is 2.64. The lowest BCUT2D eigenvalue weighted by molar-refractivity contribution is 0.215. The Balaban J connectivity index is 1.94. The number of ether oxygens (including phenoxy) is 2. The van der Waals surface area contributed by atoms with Crippen LogP contribution in [0.25, 0.3) is 0 Å². The zero-order valence-electron chi connectivity index (χ0n) is 10.9. The molecule has 1 amide bonds. The van der Waals surface area contributed by atoms with E-state index in [0.29, 0.717) is 30.3 Å². The van der Waals surface area contributed by atoms with Gasteiger partial charge in [-0.3, -0.25) is 5.32 Å². The van der Waals surface area contributed by atoms with Crippen molar-refractivity contribution in [2.45, 2.75) is 0 Å². The maximum Gasteiger partial charge on any atom is 0.417 e. The van der Waals surface area contributed by atoms with Crippen molar-refractivity contribution >= 4 is 11.8 Å². The molecule has 0 aliphatic heterocycles. The molecule has 5 nitrogen and oxygen atoms in total. The molecule has 0 aromatic heterocycles. The molecule has 0 saturated heterocycles. The molecule has 5 heteroatoms. The number of rotatable bonds is 5. The van der Waals surface area contributed by atoms with E-state index in [1.165, 1.54) is 0 Å². The fourth-order valence-corrected chi connectivity index (χ4v) is 1.58. The molecule has 3 N–H and O–H groups in total. The van der Waals surface area contributed by atoms with Gasteiger partial charge in [-0.1, -0.05) is 24.3 Å². The molecule has 0 heterocycles. The Morgan fingerprint density at radius 3 is 2.55 bits per heavy atom. The van der Waals surface area contributed by atoms with Crippen molar-refractivity contribution in [2.24, 2.45) is 5.73 Å². The van der Waals surface area contributed by atoms with Crippen molar-refractivity contribution in [1.82, 2.24) is 0 Å². The Morgan fingerprint density at radius 1 is 1.05 bits per heavy atom. The average molecular weight is 272 g/mol. The SMILES string of the molecule is NCCOc1cccc(NC(=O)Oc2ccccc2)c1. The van der Waals surface area contributed by atoms with Gasteiger partial charge >= 0.3 is 6.09 Å². The Bertz CT molecular complexity index is 558. The Hall–Kier alpha value is -2.53. The lowest BCUT2D eigenvalue weighted by Gasteiger charge is -2.09.